The summed E-state index contributed by atoms with van der Waals surface area (Å²) >= 11 is 0. The maximum atomic E-state index is 12.5. The molecule has 1 aromatic rings. The van der Waals surface area contributed by atoms with Gasteiger partial charge >= 0.3 is 10.2 Å². The summed E-state index contributed by atoms with van der Waals surface area (Å²) in [6.45, 7) is 0. The molecule has 0 atom stereocenters. The summed E-state index contributed by atoms with van der Waals surface area (Å²) in [7, 11) is -4.51. The lowest BCUT2D eigenvalue weighted by Gasteiger charge is -1.96. The van der Waals surface area contributed by atoms with Crippen LogP contribution in [0.5, 0.6) is 0 Å². The van der Waals surface area contributed by atoms with E-state index in [0.29, 0.717) is 0 Å². The highest BCUT2D eigenvalue weighted by Gasteiger charge is 2.22. The molecule has 84 valence electrons. The molecule has 1 aromatic heterocycles. The third-order valence-corrected chi connectivity index (χ3v) is 3.21. The second kappa shape index (κ2) is 3.92. The molecule has 0 saturated carbocycles. The number of rotatable bonds is 2. The molecule has 0 aliphatic heterocycles. The maximum absolute atomic E-state index is 12.5. The highest BCUT2D eigenvalue weighted by Crippen LogP contribution is 2.24. The number of hydrogen-bond acceptors (Lipinski definition) is 4. The van der Waals surface area contributed by atoms with Crippen LogP contribution >= 0.6 is 0 Å². The molecule has 6 heteroatoms. The van der Waals surface area contributed by atoms with E-state index in [4.69, 9.17) is 4.52 Å². The van der Waals surface area contributed by atoms with E-state index in [1.165, 1.54) is 0 Å². The summed E-state index contributed by atoms with van der Waals surface area (Å²) in [4.78, 5) is 0. The summed E-state index contributed by atoms with van der Waals surface area (Å²) in [5.41, 5.74) is 1.04. The van der Waals surface area contributed by atoms with E-state index in [1.807, 2.05) is 0 Å². The van der Waals surface area contributed by atoms with Crippen molar-refractivity contribution in [1.29, 1.82) is 0 Å². The van der Waals surface area contributed by atoms with Crippen molar-refractivity contribution in [3.63, 3.8) is 0 Å². The fourth-order valence-corrected chi connectivity index (χ4v) is 2.46. The van der Waals surface area contributed by atoms with E-state index in [1.54, 1.807) is 0 Å². The van der Waals surface area contributed by atoms with Crippen LogP contribution in [0.1, 0.15) is 36.3 Å². The Labute approximate surface area is 87.7 Å². The lowest BCUT2D eigenvalue weighted by molar-refractivity contribution is 0.376. The quantitative estimate of drug-likeness (QED) is 0.576. The first-order valence-electron chi connectivity index (χ1n) is 4.95. The largest absolute Gasteiger partial charge is 0.361 e. The predicted molar refractivity (Wildman–Crippen MR) is 51.5 cm³/mol. The first kappa shape index (κ1) is 10.6. The van der Waals surface area contributed by atoms with Gasteiger partial charge in [0.1, 0.15) is 17.2 Å². The molecule has 0 saturated heterocycles. The number of nitrogens with zero attached hydrogens (tertiary/aromatic N) is 1. The highest BCUT2D eigenvalue weighted by molar-refractivity contribution is 7.85. The van der Waals surface area contributed by atoms with Crippen LogP contribution in [-0.4, -0.2) is 13.6 Å². The molecular formula is C9H12FNO3S. The first-order chi connectivity index (χ1) is 7.06. The van der Waals surface area contributed by atoms with Crippen molar-refractivity contribution in [2.45, 2.75) is 37.9 Å². The van der Waals surface area contributed by atoms with Crippen molar-refractivity contribution in [2.75, 3.05) is 0 Å². The summed E-state index contributed by atoms with van der Waals surface area (Å²) in [5.74, 6) is 0.0670. The van der Waals surface area contributed by atoms with E-state index < -0.39 is 16.0 Å². The van der Waals surface area contributed by atoms with E-state index in [9.17, 15) is 12.3 Å². The van der Waals surface area contributed by atoms with Crippen LogP contribution in [-0.2, 0) is 28.8 Å². The summed E-state index contributed by atoms with van der Waals surface area (Å²) in [5, 5.41) is 3.63. The number of halogens is 1. The van der Waals surface area contributed by atoms with Gasteiger partial charge in [-0.05, 0) is 19.3 Å². The number of fused-ring (bicyclic) bond motifs is 1. The van der Waals surface area contributed by atoms with Crippen LogP contribution in [0.3, 0.4) is 0 Å². The Morgan fingerprint density at radius 3 is 2.73 bits per heavy atom. The Balaban J connectivity index is 2.30. The minimum Gasteiger partial charge on any atom is -0.361 e. The second-order valence-electron chi connectivity index (χ2n) is 3.77. The molecule has 0 unspecified atom stereocenters. The van der Waals surface area contributed by atoms with Crippen LogP contribution in [0.2, 0.25) is 0 Å². The van der Waals surface area contributed by atoms with E-state index in [0.717, 1.165) is 43.4 Å². The van der Waals surface area contributed by atoms with Crippen LogP contribution in [0.25, 0.3) is 0 Å². The van der Waals surface area contributed by atoms with Crippen molar-refractivity contribution < 1.29 is 16.8 Å². The zero-order chi connectivity index (χ0) is 10.9. The van der Waals surface area contributed by atoms with Crippen molar-refractivity contribution in [3.05, 3.63) is 17.0 Å². The van der Waals surface area contributed by atoms with Crippen molar-refractivity contribution in [1.82, 2.24) is 5.16 Å². The first-order valence-corrected chi connectivity index (χ1v) is 6.50. The van der Waals surface area contributed by atoms with Crippen molar-refractivity contribution >= 4 is 10.2 Å². The third-order valence-electron chi connectivity index (χ3n) is 2.59. The molecule has 0 aromatic carbocycles. The topological polar surface area (TPSA) is 60.2 Å². The molecule has 1 heterocycles. The number of aromatic nitrogens is 1. The number of hydrogen-bond donors (Lipinski definition) is 0. The van der Waals surface area contributed by atoms with Crippen molar-refractivity contribution in [3.8, 4) is 0 Å². The average Bonchev–Trinajstić information content (AvgIpc) is 2.35. The van der Waals surface area contributed by atoms with Gasteiger partial charge in [-0.2, -0.15) is 8.42 Å². The monoisotopic (exact) mass is 233 g/mol. The molecule has 15 heavy (non-hydrogen) atoms. The molecule has 0 fully saturated rings. The lowest BCUT2D eigenvalue weighted by atomic mass is 10.1. The number of aryl methyl sites for hydroxylation is 1. The fourth-order valence-electron chi connectivity index (χ4n) is 1.90. The molecule has 0 bridgehead atoms. The minimum atomic E-state index is -4.51. The summed E-state index contributed by atoms with van der Waals surface area (Å²) < 4.78 is 38.6. The third kappa shape index (κ3) is 2.56. The van der Waals surface area contributed by atoms with Crippen LogP contribution < -0.4 is 0 Å². The van der Waals surface area contributed by atoms with E-state index in [-0.39, 0.29) is 5.69 Å². The van der Waals surface area contributed by atoms with Crippen LogP contribution in [0.15, 0.2) is 4.52 Å². The Morgan fingerprint density at radius 2 is 2.00 bits per heavy atom. The second-order valence-corrected chi connectivity index (χ2v) is 5.14. The van der Waals surface area contributed by atoms with Gasteiger partial charge in [0.05, 0.1) is 0 Å². The van der Waals surface area contributed by atoms with E-state index in [2.05, 4.69) is 5.16 Å². The summed E-state index contributed by atoms with van der Waals surface area (Å²) in [6.07, 6.45) is 4.60. The molecule has 0 radical (unpaired) electrons. The Bertz CT molecular complexity index is 452. The Morgan fingerprint density at radius 1 is 1.27 bits per heavy atom. The maximum Gasteiger partial charge on any atom is 0.308 e. The lowest BCUT2D eigenvalue weighted by Crippen LogP contribution is -2.00. The summed E-state index contributed by atoms with van der Waals surface area (Å²) in [6, 6.07) is 0. The molecule has 0 spiro atoms. The van der Waals surface area contributed by atoms with Gasteiger partial charge in [0.2, 0.25) is 0 Å². The molecule has 4 nitrogen and oxygen atoms in total. The smallest absolute Gasteiger partial charge is 0.308 e. The van der Waals surface area contributed by atoms with E-state index >= 15 is 0 Å². The fraction of sp³-hybridized carbons (Fsp3) is 0.667. The molecule has 0 amide bonds. The van der Waals surface area contributed by atoms with Gasteiger partial charge in [-0.1, -0.05) is 11.6 Å². The van der Waals surface area contributed by atoms with Gasteiger partial charge in [0.15, 0.2) is 0 Å². The SMILES string of the molecule is O=S(=O)(F)Cc1noc2c1CCCCC2. The van der Waals surface area contributed by atoms with Gasteiger partial charge in [-0.15, -0.1) is 3.89 Å². The standard InChI is InChI=1S/C9H12FNO3S/c10-15(12,13)6-8-7-4-2-1-3-5-9(7)14-11-8/h1-6H2. The van der Waals surface area contributed by atoms with Gasteiger partial charge in [0, 0.05) is 12.0 Å². The highest BCUT2D eigenvalue weighted by atomic mass is 32.3. The molecule has 2 rings (SSSR count). The predicted octanol–water partition coefficient (Wildman–Crippen LogP) is 1.74. The van der Waals surface area contributed by atoms with Crippen LogP contribution in [0.4, 0.5) is 3.89 Å². The normalized spacial score (nSPS) is 17.1. The van der Waals surface area contributed by atoms with Gasteiger partial charge in [0.25, 0.3) is 0 Å². The minimum absolute atomic E-state index is 0.245. The Hall–Kier alpha value is -0.910. The zero-order valence-corrected chi connectivity index (χ0v) is 9.02. The Kier molecular flexibility index (Phi) is 2.77. The average molecular weight is 233 g/mol. The molecule has 0 N–H and O–H groups in total. The van der Waals surface area contributed by atoms with Gasteiger partial charge < -0.3 is 4.52 Å². The van der Waals surface area contributed by atoms with Gasteiger partial charge in [-0.25, -0.2) is 0 Å². The van der Waals surface area contributed by atoms with Crippen LogP contribution in [0, 0.1) is 0 Å². The van der Waals surface area contributed by atoms with Gasteiger partial charge in [-0.3, -0.25) is 0 Å². The molecule has 1 aliphatic rings. The zero-order valence-electron chi connectivity index (χ0n) is 8.20. The molecular weight excluding hydrogens is 221 g/mol. The van der Waals surface area contributed by atoms with Crippen molar-refractivity contribution in [2.24, 2.45) is 0 Å². The molecule has 1 aliphatic carbocycles.